The number of amides is 1. The topological polar surface area (TPSA) is 87.1 Å². The van der Waals surface area contributed by atoms with E-state index in [4.69, 9.17) is 4.74 Å². The molecule has 6 heteroatoms. The van der Waals surface area contributed by atoms with Crippen molar-refractivity contribution in [2.45, 2.75) is 49.5 Å². The van der Waals surface area contributed by atoms with Crippen LogP contribution in [0.25, 0.3) is 0 Å². The third-order valence-corrected chi connectivity index (χ3v) is 5.86. The number of nitrogens with zero attached hydrogens (tertiary/aromatic N) is 1. The summed E-state index contributed by atoms with van der Waals surface area (Å²) in [6.07, 6.45) is 1.18. The first-order valence-corrected chi connectivity index (χ1v) is 9.56. The van der Waals surface area contributed by atoms with Gasteiger partial charge in [0.05, 0.1) is 0 Å². The van der Waals surface area contributed by atoms with E-state index in [0.717, 1.165) is 12.8 Å². The van der Waals surface area contributed by atoms with Crippen LogP contribution in [0.5, 0.6) is 0 Å². The van der Waals surface area contributed by atoms with Gasteiger partial charge in [0.25, 0.3) is 0 Å². The standard InChI is InChI=1S/C22H23NO5/c24-20(28-19-13-17-11-12-18(14-19)23(17)21(25)26)22(27,15-7-3-1-4-8-15)16-9-5-2-6-10-16/h1-10,17-19,27H,11-14H2,(H,25,26)/t17-,18+,19+. The molecule has 2 N–H and O–H groups in total. The second-order valence-corrected chi connectivity index (χ2v) is 7.52. The molecule has 2 heterocycles. The van der Waals surface area contributed by atoms with E-state index in [1.54, 1.807) is 48.5 Å². The van der Waals surface area contributed by atoms with Gasteiger partial charge in [-0.1, -0.05) is 60.7 Å². The SMILES string of the molecule is O=C(O)N1[C@@H]2CC[C@H]1C[C@@H](OC(=O)C(O)(c1ccccc1)c1ccccc1)C2. The Hall–Kier alpha value is -2.86. The first-order valence-electron chi connectivity index (χ1n) is 9.56. The summed E-state index contributed by atoms with van der Waals surface area (Å²) in [6.45, 7) is 0. The average molecular weight is 381 g/mol. The summed E-state index contributed by atoms with van der Waals surface area (Å²) in [5.41, 5.74) is -1.03. The Morgan fingerprint density at radius 3 is 1.79 bits per heavy atom. The summed E-state index contributed by atoms with van der Waals surface area (Å²) >= 11 is 0. The molecule has 28 heavy (non-hydrogen) atoms. The van der Waals surface area contributed by atoms with Crippen LogP contribution in [0.4, 0.5) is 4.79 Å². The Balaban J connectivity index is 1.59. The van der Waals surface area contributed by atoms with Crippen molar-refractivity contribution in [3.63, 3.8) is 0 Å². The van der Waals surface area contributed by atoms with Gasteiger partial charge in [-0.05, 0) is 24.0 Å². The zero-order valence-corrected chi connectivity index (χ0v) is 15.4. The van der Waals surface area contributed by atoms with Crippen molar-refractivity contribution in [3.05, 3.63) is 71.8 Å². The normalized spacial score (nSPS) is 24.0. The molecule has 2 aliphatic heterocycles. The number of carbonyl (C=O) groups is 2. The quantitative estimate of drug-likeness (QED) is 0.795. The van der Waals surface area contributed by atoms with E-state index < -0.39 is 23.8 Å². The molecule has 4 rings (SSSR count). The highest BCUT2D eigenvalue weighted by molar-refractivity contribution is 5.85. The number of carbonyl (C=O) groups excluding carboxylic acids is 1. The predicted molar refractivity (Wildman–Crippen MR) is 102 cm³/mol. The highest BCUT2D eigenvalue weighted by Gasteiger charge is 2.47. The van der Waals surface area contributed by atoms with Crippen LogP contribution in [0.15, 0.2) is 60.7 Å². The lowest BCUT2D eigenvalue weighted by Crippen LogP contribution is -2.49. The van der Waals surface area contributed by atoms with E-state index in [0.29, 0.717) is 24.0 Å². The minimum absolute atomic E-state index is 0.129. The Bertz CT molecular complexity index is 800. The van der Waals surface area contributed by atoms with E-state index in [2.05, 4.69) is 0 Å². The van der Waals surface area contributed by atoms with Gasteiger partial charge in [-0.3, -0.25) is 0 Å². The fourth-order valence-electron chi connectivity index (χ4n) is 4.53. The van der Waals surface area contributed by atoms with Crippen molar-refractivity contribution in [1.82, 2.24) is 4.90 Å². The molecule has 3 atom stereocenters. The minimum Gasteiger partial charge on any atom is -0.465 e. The Kier molecular flexibility index (Phi) is 4.81. The van der Waals surface area contributed by atoms with Gasteiger partial charge in [0.1, 0.15) is 6.10 Å². The number of fused-ring (bicyclic) bond motifs is 2. The number of hydrogen-bond acceptors (Lipinski definition) is 4. The summed E-state index contributed by atoms with van der Waals surface area (Å²) in [5.74, 6) is -0.724. The molecule has 2 saturated heterocycles. The fourth-order valence-corrected chi connectivity index (χ4v) is 4.53. The smallest absolute Gasteiger partial charge is 0.407 e. The lowest BCUT2D eigenvalue weighted by molar-refractivity contribution is -0.170. The van der Waals surface area contributed by atoms with Crippen LogP contribution in [0.2, 0.25) is 0 Å². The number of benzene rings is 2. The lowest BCUT2D eigenvalue weighted by atomic mass is 9.86. The summed E-state index contributed by atoms with van der Waals surface area (Å²) in [7, 11) is 0. The van der Waals surface area contributed by atoms with Gasteiger partial charge in [0, 0.05) is 24.9 Å². The zero-order chi connectivity index (χ0) is 19.7. The van der Waals surface area contributed by atoms with Crippen molar-refractivity contribution >= 4 is 12.1 Å². The van der Waals surface area contributed by atoms with Crippen LogP contribution in [-0.4, -0.2) is 45.4 Å². The molecule has 0 aromatic heterocycles. The molecule has 0 saturated carbocycles. The molecule has 2 aromatic rings. The van der Waals surface area contributed by atoms with E-state index in [1.807, 2.05) is 12.1 Å². The first-order chi connectivity index (χ1) is 13.5. The third kappa shape index (κ3) is 3.14. The molecule has 2 aromatic carbocycles. The maximum Gasteiger partial charge on any atom is 0.407 e. The van der Waals surface area contributed by atoms with Gasteiger partial charge in [0.2, 0.25) is 5.60 Å². The summed E-state index contributed by atoms with van der Waals surface area (Å²) < 4.78 is 5.77. The average Bonchev–Trinajstić information content (AvgIpc) is 3.00. The molecular formula is C22H23NO5. The Morgan fingerprint density at radius 1 is 0.893 bits per heavy atom. The number of rotatable bonds is 4. The molecule has 2 aliphatic rings. The van der Waals surface area contributed by atoms with E-state index in [1.165, 1.54) is 4.90 Å². The van der Waals surface area contributed by atoms with Crippen LogP contribution in [-0.2, 0) is 15.1 Å². The third-order valence-electron chi connectivity index (χ3n) is 5.86. The number of aliphatic hydroxyl groups is 1. The molecule has 1 amide bonds. The van der Waals surface area contributed by atoms with Crippen molar-refractivity contribution in [1.29, 1.82) is 0 Å². The summed E-state index contributed by atoms with van der Waals surface area (Å²) in [4.78, 5) is 26.1. The van der Waals surface area contributed by atoms with Crippen molar-refractivity contribution < 1.29 is 24.5 Å². The molecule has 0 spiro atoms. The second kappa shape index (κ2) is 7.28. The first kappa shape index (κ1) is 18.5. The Labute approximate surface area is 163 Å². The molecule has 0 radical (unpaired) electrons. The second-order valence-electron chi connectivity index (χ2n) is 7.52. The monoisotopic (exact) mass is 381 g/mol. The molecule has 2 fully saturated rings. The number of carboxylic acid groups (broad SMARTS) is 1. The highest BCUT2D eigenvalue weighted by Crippen LogP contribution is 2.38. The molecular weight excluding hydrogens is 358 g/mol. The van der Waals surface area contributed by atoms with Gasteiger partial charge in [0.15, 0.2) is 0 Å². The summed E-state index contributed by atoms with van der Waals surface area (Å²) in [6, 6.07) is 17.2. The molecule has 0 unspecified atom stereocenters. The van der Waals surface area contributed by atoms with Crippen molar-refractivity contribution in [2.24, 2.45) is 0 Å². The minimum atomic E-state index is -1.91. The fraction of sp³-hybridized carbons (Fsp3) is 0.364. The van der Waals surface area contributed by atoms with Crippen LogP contribution >= 0.6 is 0 Å². The number of hydrogen-bond donors (Lipinski definition) is 2. The van der Waals surface area contributed by atoms with E-state index in [9.17, 15) is 19.8 Å². The highest BCUT2D eigenvalue weighted by atomic mass is 16.6. The van der Waals surface area contributed by atoms with E-state index in [-0.39, 0.29) is 12.1 Å². The summed E-state index contributed by atoms with van der Waals surface area (Å²) in [5, 5.41) is 20.9. The Morgan fingerprint density at radius 2 is 1.36 bits per heavy atom. The number of piperidine rings is 1. The maximum atomic E-state index is 13.2. The molecule has 0 aliphatic carbocycles. The van der Waals surface area contributed by atoms with Crippen molar-refractivity contribution in [2.75, 3.05) is 0 Å². The van der Waals surface area contributed by atoms with Crippen LogP contribution in [0, 0.1) is 0 Å². The zero-order valence-electron chi connectivity index (χ0n) is 15.4. The van der Waals surface area contributed by atoms with Crippen LogP contribution < -0.4 is 0 Å². The van der Waals surface area contributed by atoms with Crippen LogP contribution in [0.3, 0.4) is 0 Å². The van der Waals surface area contributed by atoms with E-state index >= 15 is 0 Å². The van der Waals surface area contributed by atoms with Gasteiger partial charge in [-0.2, -0.15) is 0 Å². The van der Waals surface area contributed by atoms with Gasteiger partial charge in [-0.15, -0.1) is 0 Å². The van der Waals surface area contributed by atoms with Gasteiger partial charge in [-0.25, -0.2) is 9.59 Å². The molecule has 6 nitrogen and oxygen atoms in total. The molecule has 2 bridgehead atoms. The van der Waals surface area contributed by atoms with Crippen LogP contribution in [0.1, 0.15) is 36.8 Å². The number of ether oxygens (including phenoxy) is 1. The van der Waals surface area contributed by atoms with Gasteiger partial charge >= 0.3 is 12.1 Å². The lowest BCUT2D eigenvalue weighted by Gasteiger charge is -2.38. The largest absolute Gasteiger partial charge is 0.465 e. The number of esters is 1. The predicted octanol–water partition coefficient (Wildman–Crippen LogP) is 3.14. The maximum absolute atomic E-state index is 13.2. The van der Waals surface area contributed by atoms with Crippen molar-refractivity contribution in [3.8, 4) is 0 Å². The van der Waals surface area contributed by atoms with Gasteiger partial charge < -0.3 is 19.8 Å². The molecule has 146 valence electrons.